The van der Waals surface area contributed by atoms with Crippen LogP contribution in [0.25, 0.3) is 5.57 Å². The van der Waals surface area contributed by atoms with E-state index in [-0.39, 0.29) is 25.1 Å². The molecule has 0 saturated heterocycles. The lowest BCUT2D eigenvalue weighted by Gasteiger charge is -2.19. The van der Waals surface area contributed by atoms with Crippen LogP contribution in [0.4, 0.5) is 18.9 Å². The van der Waals surface area contributed by atoms with Gasteiger partial charge in [0.1, 0.15) is 5.75 Å². The van der Waals surface area contributed by atoms with Crippen LogP contribution in [0.3, 0.4) is 0 Å². The molecule has 220 valence electrons. The molecule has 1 unspecified atom stereocenters. The monoisotopic (exact) mass is 580 g/mol. The van der Waals surface area contributed by atoms with Crippen molar-refractivity contribution in [1.29, 1.82) is 0 Å². The van der Waals surface area contributed by atoms with E-state index in [1.54, 1.807) is 24.3 Å². The molecule has 3 N–H and O–H groups in total. The SMILES string of the molecule is O=C(O)CCNC(=O)c1ccc(CC(C(=O)Nc2cccc(OC(F)(F)F)c2)c2ccc(C3=CCCCC3)cc2)cc1. The van der Waals surface area contributed by atoms with Crippen LogP contribution in [0.1, 0.15) is 65.1 Å². The number of benzene rings is 3. The minimum atomic E-state index is -4.86. The molecule has 1 aliphatic carbocycles. The molecule has 0 radical (unpaired) electrons. The standard InChI is InChI=1S/C32H31F3N2O5/c33-32(34,35)42-27-8-4-7-26(20-27)37-31(41)28(24-15-13-23(14-16-24)22-5-2-1-3-6-22)19-21-9-11-25(12-10-21)30(40)36-18-17-29(38)39/h4-5,7-16,20,28H,1-3,6,17-19H2,(H,36,40)(H,37,41)(H,38,39). The minimum Gasteiger partial charge on any atom is -0.481 e. The summed E-state index contributed by atoms with van der Waals surface area (Å²) in [6.07, 6.45) is 1.77. The number of rotatable bonds is 11. The van der Waals surface area contributed by atoms with E-state index in [1.165, 1.54) is 24.1 Å². The Bertz CT molecular complexity index is 1430. The van der Waals surface area contributed by atoms with Crippen molar-refractivity contribution in [3.63, 3.8) is 0 Å². The van der Waals surface area contributed by atoms with Crippen LogP contribution in [0.15, 0.2) is 78.9 Å². The number of aliphatic carboxylic acids is 1. The van der Waals surface area contributed by atoms with Crippen LogP contribution >= 0.6 is 0 Å². The number of ether oxygens (including phenoxy) is 1. The van der Waals surface area contributed by atoms with Crippen molar-refractivity contribution in [2.24, 2.45) is 0 Å². The Morgan fingerprint density at radius 3 is 2.33 bits per heavy atom. The lowest BCUT2D eigenvalue weighted by atomic mass is 9.88. The highest BCUT2D eigenvalue weighted by atomic mass is 19.4. The van der Waals surface area contributed by atoms with Crippen LogP contribution in [0.2, 0.25) is 0 Å². The molecule has 4 rings (SSSR count). The number of anilines is 1. The van der Waals surface area contributed by atoms with Gasteiger partial charge in [-0.3, -0.25) is 14.4 Å². The Morgan fingerprint density at radius 1 is 0.952 bits per heavy atom. The van der Waals surface area contributed by atoms with Gasteiger partial charge in [0.25, 0.3) is 5.91 Å². The van der Waals surface area contributed by atoms with Crippen LogP contribution in [-0.2, 0) is 16.0 Å². The molecule has 0 spiro atoms. The molecule has 3 aromatic rings. The lowest BCUT2D eigenvalue weighted by molar-refractivity contribution is -0.274. The summed E-state index contributed by atoms with van der Waals surface area (Å²) in [4.78, 5) is 36.6. The predicted molar refractivity (Wildman–Crippen MR) is 152 cm³/mol. The highest BCUT2D eigenvalue weighted by molar-refractivity contribution is 5.96. The van der Waals surface area contributed by atoms with E-state index in [2.05, 4.69) is 21.4 Å². The number of alkyl halides is 3. The molecule has 0 aliphatic heterocycles. The number of hydrogen-bond donors (Lipinski definition) is 3. The first kappa shape index (κ1) is 30.4. The molecule has 0 fully saturated rings. The van der Waals surface area contributed by atoms with Gasteiger partial charge in [-0.25, -0.2) is 0 Å². The number of hydrogen-bond acceptors (Lipinski definition) is 4. The molecular formula is C32H31F3N2O5. The van der Waals surface area contributed by atoms with E-state index in [0.717, 1.165) is 48.1 Å². The summed E-state index contributed by atoms with van der Waals surface area (Å²) in [5, 5.41) is 14.0. The number of carboxylic acids is 1. The van der Waals surface area contributed by atoms with E-state index < -0.39 is 35.8 Å². The quantitative estimate of drug-likeness (QED) is 0.234. The molecule has 1 aliphatic rings. The molecule has 0 saturated carbocycles. The Labute approximate surface area is 241 Å². The second kappa shape index (κ2) is 13.8. The second-order valence-corrected chi connectivity index (χ2v) is 10.0. The Morgan fingerprint density at radius 2 is 1.69 bits per heavy atom. The van der Waals surface area contributed by atoms with Crippen LogP contribution in [-0.4, -0.2) is 35.8 Å². The third-order valence-electron chi connectivity index (χ3n) is 6.91. The minimum absolute atomic E-state index is 0.000270. The maximum Gasteiger partial charge on any atom is 0.573 e. The average Bonchev–Trinajstić information content (AvgIpc) is 2.96. The zero-order valence-corrected chi connectivity index (χ0v) is 22.7. The Balaban J connectivity index is 1.54. The largest absolute Gasteiger partial charge is 0.573 e. The van der Waals surface area contributed by atoms with Crippen molar-refractivity contribution in [3.8, 4) is 5.75 Å². The molecule has 1 atom stereocenters. The van der Waals surface area contributed by atoms with Gasteiger partial charge in [0.15, 0.2) is 0 Å². The van der Waals surface area contributed by atoms with Crippen molar-refractivity contribution in [2.45, 2.75) is 50.8 Å². The number of carboxylic acid groups (broad SMARTS) is 1. The van der Waals surface area contributed by atoms with Gasteiger partial charge in [-0.1, -0.05) is 48.5 Å². The summed E-state index contributed by atoms with van der Waals surface area (Å²) in [6.45, 7) is 0.000270. The zero-order valence-electron chi connectivity index (χ0n) is 22.7. The molecule has 0 bridgehead atoms. The van der Waals surface area contributed by atoms with E-state index in [1.807, 2.05) is 24.3 Å². The van der Waals surface area contributed by atoms with Crippen molar-refractivity contribution < 1.29 is 37.4 Å². The number of allylic oxidation sites excluding steroid dienone is 2. The van der Waals surface area contributed by atoms with Crippen molar-refractivity contribution in [2.75, 3.05) is 11.9 Å². The average molecular weight is 581 g/mol. The molecule has 10 heteroatoms. The molecular weight excluding hydrogens is 549 g/mol. The van der Waals surface area contributed by atoms with Crippen LogP contribution in [0.5, 0.6) is 5.75 Å². The van der Waals surface area contributed by atoms with Crippen molar-refractivity contribution >= 4 is 29.0 Å². The molecule has 2 amide bonds. The van der Waals surface area contributed by atoms with Crippen molar-refractivity contribution in [3.05, 3.63) is 101 Å². The highest BCUT2D eigenvalue weighted by Gasteiger charge is 2.31. The summed E-state index contributed by atoms with van der Waals surface area (Å²) in [7, 11) is 0. The van der Waals surface area contributed by atoms with E-state index >= 15 is 0 Å². The summed E-state index contributed by atoms with van der Waals surface area (Å²) < 4.78 is 42.1. The van der Waals surface area contributed by atoms with Gasteiger partial charge in [0.05, 0.1) is 12.3 Å². The molecule has 0 aromatic heterocycles. The van der Waals surface area contributed by atoms with Gasteiger partial charge in [-0.05, 0) is 78.6 Å². The fourth-order valence-corrected chi connectivity index (χ4v) is 4.81. The topological polar surface area (TPSA) is 105 Å². The van der Waals surface area contributed by atoms with E-state index in [0.29, 0.717) is 5.56 Å². The summed E-state index contributed by atoms with van der Waals surface area (Å²) >= 11 is 0. The zero-order chi connectivity index (χ0) is 30.1. The van der Waals surface area contributed by atoms with Crippen LogP contribution in [0, 0.1) is 0 Å². The number of amides is 2. The van der Waals surface area contributed by atoms with Gasteiger partial charge in [0.2, 0.25) is 5.91 Å². The third kappa shape index (κ3) is 8.95. The first-order chi connectivity index (χ1) is 20.1. The van der Waals surface area contributed by atoms with Gasteiger partial charge >= 0.3 is 12.3 Å². The number of nitrogens with one attached hydrogen (secondary N) is 2. The summed E-state index contributed by atoms with van der Waals surface area (Å²) in [6, 6.07) is 19.5. The smallest absolute Gasteiger partial charge is 0.481 e. The highest BCUT2D eigenvalue weighted by Crippen LogP contribution is 2.30. The molecule has 0 heterocycles. The number of carbonyl (C=O) groups is 3. The maximum absolute atomic E-state index is 13.6. The van der Waals surface area contributed by atoms with Crippen LogP contribution < -0.4 is 15.4 Å². The normalized spacial score (nSPS) is 13.9. The van der Waals surface area contributed by atoms with E-state index in [4.69, 9.17) is 5.11 Å². The summed E-state index contributed by atoms with van der Waals surface area (Å²) in [5.41, 5.74) is 4.34. The third-order valence-corrected chi connectivity index (χ3v) is 6.91. The summed E-state index contributed by atoms with van der Waals surface area (Å²) in [5.74, 6) is -2.98. The Kier molecular flexibility index (Phi) is 10.0. The van der Waals surface area contributed by atoms with Gasteiger partial charge in [-0.15, -0.1) is 13.2 Å². The second-order valence-electron chi connectivity index (χ2n) is 10.0. The maximum atomic E-state index is 13.6. The van der Waals surface area contributed by atoms with E-state index in [9.17, 15) is 27.6 Å². The first-order valence-electron chi connectivity index (χ1n) is 13.6. The van der Waals surface area contributed by atoms with Gasteiger partial charge < -0.3 is 20.5 Å². The van der Waals surface area contributed by atoms with Crippen molar-refractivity contribution in [1.82, 2.24) is 5.32 Å². The predicted octanol–water partition coefficient (Wildman–Crippen LogP) is 6.71. The number of halogens is 3. The fraction of sp³-hybridized carbons (Fsp3) is 0.281. The first-order valence-corrected chi connectivity index (χ1v) is 13.6. The molecule has 7 nitrogen and oxygen atoms in total. The fourth-order valence-electron chi connectivity index (χ4n) is 4.81. The lowest BCUT2D eigenvalue weighted by Crippen LogP contribution is -2.26. The number of carbonyl (C=O) groups excluding carboxylic acids is 2. The molecule has 42 heavy (non-hydrogen) atoms. The Hall–Kier alpha value is -4.60. The van der Waals surface area contributed by atoms with Gasteiger partial charge in [0, 0.05) is 23.9 Å². The van der Waals surface area contributed by atoms with Gasteiger partial charge in [-0.2, -0.15) is 0 Å². The molecule has 3 aromatic carbocycles.